The van der Waals surface area contributed by atoms with Crippen LogP contribution in [0.4, 0.5) is 13.2 Å². The zero-order valence-electron chi connectivity index (χ0n) is 11.3. The van der Waals surface area contributed by atoms with Crippen LogP contribution in [0.1, 0.15) is 43.7 Å². The lowest BCUT2D eigenvalue weighted by Crippen LogP contribution is -2.32. The van der Waals surface area contributed by atoms with E-state index in [0.29, 0.717) is 12.0 Å². The molecule has 2 rings (SSSR count). The average Bonchev–Trinajstić information content (AvgIpc) is 2.71. The van der Waals surface area contributed by atoms with Crippen LogP contribution in [0.3, 0.4) is 0 Å². The van der Waals surface area contributed by atoms with Crippen LogP contribution in [0.2, 0.25) is 0 Å². The van der Waals surface area contributed by atoms with Crippen LogP contribution in [0.15, 0.2) is 24.3 Å². The van der Waals surface area contributed by atoms with Crippen LogP contribution < -0.4 is 5.32 Å². The molecular formula is C15H20F3N. The molecule has 0 bridgehead atoms. The first kappa shape index (κ1) is 14.4. The van der Waals surface area contributed by atoms with E-state index in [1.165, 1.54) is 12.1 Å². The first-order valence-electron chi connectivity index (χ1n) is 6.84. The van der Waals surface area contributed by atoms with Crippen LogP contribution in [0, 0.1) is 5.92 Å². The number of nitrogens with one attached hydrogen (secondary N) is 1. The summed E-state index contributed by atoms with van der Waals surface area (Å²) in [4.78, 5) is 0. The second-order valence-electron chi connectivity index (χ2n) is 5.33. The fourth-order valence-corrected chi connectivity index (χ4v) is 3.13. The largest absolute Gasteiger partial charge is 0.416 e. The molecule has 0 saturated heterocycles. The Hall–Kier alpha value is -1.03. The van der Waals surface area contributed by atoms with Gasteiger partial charge in [0.1, 0.15) is 0 Å². The van der Waals surface area contributed by atoms with E-state index >= 15 is 0 Å². The maximum Gasteiger partial charge on any atom is 0.416 e. The van der Waals surface area contributed by atoms with Gasteiger partial charge in [0, 0.05) is 6.04 Å². The Kier molecular flexibility index (Phi) is 4.19. The van der Waals surface area contributed by atoms with E-state index in [0.717, 1.165) is 31.0 Å². The molecule has 0 spiro atoms. The monoisotopic (exact) mass is 271 g/mol. The van der Waals surface area contributed by atoms with Crippen molar-refractivity contribution in [3.8, 4) is 0 Å². The number of hydrogen-bond donors (Lipinski definition) is 1. The van der Waals surface area contributed by atoms with E-state index in [2.05, 4.69) is 19.2 Å². The summed E-state index contributed by atoms with van der Waals surface area (Å²) >= 11 is 0. The highest BCUT2D eigenvalue weighted by molar-refractivity contribution is 5.29. The van der Waals surface area contributed by atoms with E-state index < -0.39 is 11.7 Å². The van der Waals surface area contributed by atoms with Gasteiger partial charge in [-0.15, -0.1) is 0 Å². The third-order valence-corrected chi connectivity index (χ3v) is 4.17. The molecule has 1 N–H and O–H groups in total. The summed E-state index contributed by atoms with van der Waals surface area (Å²) < 4.78 is 38.2. The molecule has 1 fully saturated rings. The number of halogens is 3. The maximum atomic E-state index is 12.7. The highest BCUT2D eigenvalue weighted by Gasteiger charge is 2.35. The van der Waals surface area contributed by atoms with E-state index in [1.54, 1.807) is 0 Å². The summed E-state index contributed by atoms with van der Waals surface area (Å²) in [5, 5.41) is 3.42. The van der Waals surface area contributed by atoms with E-state index in [1.807, 2.05) is 6.07 Å². The SMILES string of the molecule is CCNC1CCC(c2cccc(C(F)(F)F)c2)C1C. The van der Waals surface area contributed by atoms with Gasteiger partial charge in [-0.25, -0.2) is 0 Å². The van der Waals surface area contributed by atoms with Gasteiger partial charge in [-0.2, -0.15) is 13.2 Å². The van der Waals surface area contributed by atoms with Gasteiger partial charge in [-0.05, 0) is 42.9 Å². The molecule has 1 nitrogen and oxygen atoms in total. The predicted octanol–water partition coefficient (Wildman–Crippen LogP) is 4.20. The van der Waals surface area contributed by atoms with Gasteiger partial charge in [0.2, 0.25) is 0 Å². The number of rotatable bonds is 3. The van der Waals surface area contributed by atoms with Crippen LogP contribution in [0.25, 0.3) is 0 Å². The molecule has 1 aliphatic rings. The first-order valence-corrected chi connectivity index (χ1v) is 6.84. The van der Waals surface area contributed by atoms with Crippen molar-refractivity contribution in [2.24, 2.45) is 5.92 Å². The molecule has 4 heteroatoms. The predicted molar refractivity (Wildman–Crippen MR) is 70.0 cm³/mol. The lowest BCUT2D eigenvalue weighted by molar-refractivity contribution is -0.137. The minimum atomic E-state index is -4.25. The fraction of sp³-hybridized carbons (Fsp3) is 0.600. The van der Waals surface area contributed by atoms with E-state index in [-0.39, 0.29) is 5.92 Å². The van der Waals surface area contributed by atoms with Crippen LogP contribution in [-0.2, 0) is 6.18 Å². The van der Waals surface area contributed by atoms with Gasteiger partial charge in [0.15, 0.2) is 0 Å². The molecule has 0 amide bonds. The van der Waals surface area contributed by atoms with Gasteiger partial charge in [0.05, 0.1) is 5.56 Å². The Morgan fingerprint density at radius 2 is 2.00 bits per heavy atom. The number of hydrogen-bond acceptors (Lipinski definition) is 1. The molecular weight excluding hydrogens is 251 g/mol. The summed E-state index contributed by atoms with van der Waals surface area (Å²) in [6, 6.07) is 6.22. The molecule has 19 heavy (non-hydrogen) atoms. The van der Waals surface area contributed by atoms with Gasteiger partial charge in [-0.1, -0.05) is 32.0 Å². The lowest BCUT2D eigenvalue weighted by atomic mass is 9.88. The molecule has 1 aromatic rings. The molecule has 0 aromatic heterocycles. The molecule has 0 aliphatic heterocycles. The molecule has 1 aliphatic carbocycles. The lowest BCUT2D eigenvalue weighted by Gasteiger charge is -2.22. The maximum absolute atomic E-state index is 12.7. The van der Waals surface area contributed by atoms with Crippen molar-refractivity contribution in [2.75, 3.05) is 6.54 Å². The third kappa shape index (κ3) is 3.11. The number of benzene rings is 1. The second kappa shape index (κ2) is 5.53. The molecule has 3 unspecified atom stereocenters. The van der Waals surface area contributed by atoms with Gasteiger partial charge >= 0.3 is 6.18 Å². The average molecular weight is 271 g/mol. The van der Waals surface area contributed by atoms with E-state index in [4.69, 9.17) is 0 Å². The molecule has 0 heterocycles. The smallest absolute Gasteiger partial charge is 0.314 e. The van der Waals surface area contributed by atoms with Crippen LogP contribution in [0.5, 0.6) is 0 Å². The summed E-state index contributed by atoms with van der Waals surface area (Å²) in [6.45, 7) is 5.10. The highest BCUT2D eigenvalue weighted by Crippen LogP contribution is 2.41. The van der Waals surface area contributed by atoms with Crippen molar-refractivity contribution in [3.63, 3.8) is 0 Å². The molecule has 1 aromatic carbocycles. The van der Waals surface area contributed by atoms with Crippen molar-refractivity contribution in [1.82, 2.24) is 5.32 Å². The van der Waals surface area contributed by atoms with E-state index in [9.17, 15) is 13.2 Å². The molecule has 106 valence electrons. The van der Waals surface area contributed by atoms with Gasteiger partial charge in [0.25, 0.3) is 0 Å². The summed E-state index contributed by atoms with van der Waals surface area (Å²) in [5.41, 5.74) is 0.284. The summed E-state index contributed by atoms with van der Waals surface area (Å²) in [5.74, 6) is 0.606. The van der Waals surface area contributed by atoms with Crippen LogP contribution >= 0.6 is 0 Å². The molecule has 3 atom stereocenters. The molecule has 0 radical (unpaired) electrons. The molecule has 1 saturated carbocycles. The van der Waals surface area contributed by atoms with Crippen molar-refractivity contribution in [1.29, 1.82) is 0 Å². The minimum Gasteiger partial charge on any atom is -0.314 e. The Labute approximate surface area is 112 Å². The number of alkyl halides is 3. The zero-order chi connectivity index (χ0) is 14.0. The highest BCUT2D eigenvalue weighted by atomic mass is 19.4. The summed E-state index contributed by atoms with van der Waals surface area (Å²) in [6.07, 6.45) is -2.25. The minimum absolute atomic E-state index is 0.228. The van der Waals surface area contributed by atoms with Crippen molar-refractivity contribution in [2.45, 2.75) is 44.8 Å². The third-order valence-electron chi connectivity index (χ3n) is 4.17. The Morgan fingerprint density at radius 1 is 1.26 bits per heavy atom. The van der Waals surface area contributed by atoms with Crippen molar-refractivity contribution in [3.05, 3.63) is 35.4 Å². The zero-order valence-corrected chi connectivity index (χ0v) is 11.3. The fourth-order valence-electron chi connectivity index (χ4n) is 3.13. The first-order chi connectivity index (χ1) is 8.93. The summed E-state index contributed by atoms with van der Waals surface area (Å²) in [7, 11) is 0. The Morgan fingerprint density at radius 3 is 2.63 bits per heavy atom. The quantitative estimate of drug-likeness (QED) is 0.869. The Bertz CT molecular complexity index is 428. The van der Waals surface area contributed by atoms with Gasteiger partial charge < -0.3 is 5.32 Å². The Balaban J connectivity index is 2.19. The van der Waals surface area contributed by atoms with Crippen LogP contribution in [-0.4, -0.2) is 12.6 Å². The second-order valence-corrected chi connectivity index (χ2v) is 5.33. The van der Waals surface area contributed by atoms with Crippen molar-refractivity contribution < 1.29 is 13.2 Å². The topological polar surface area (TPSA) is 12.0 Å². The van der Waals surface area contributed by atoms with Gasteiger partial charge in [-0.3, -0.25) is 0 Å². The normalized spacial score (nSPS) is 27.7. The standard InChI is InChI=1S/C15H20F3N/c1-3-19-14-8-7-13(10(14)2)11-5-4-6-12(9-11)15(16,17)18/h4-6,9-10,13-14,19H,3,7-8H2,1-2H3. The van der Waals surface area contributed by atoms with Crippen molar-refractivity contribution >= 4 is 0 Å².